The molecule has 2 aromatic rings. The van der Waals surface area contributed by atoms with Crippen LogP contribution in [0.25, 0.3) is 0 Å². The number of anilines is 1. The third-order valence-corrected chi connectivity index (χ3v) is 7.67. The Balaban J connectivity index is 1.62. The van der Waals surface area contributed by atoms with Crippen LogP contribution in [0.4, 0.5) is 10.1 Å². The van der Waals surface area contributed by atoms with Gasteiger partial charge in [0.15, 0.2) is 0 Å². The normalized spacial score (nSPS) is 15.2. The molecule has 1 saturated heterocycles. The van der Waals surface area contributed by atoms with Gasteiger partial charge in [0.05, 0.1) is 4.90 Å². The number of likely N-dealkylation sites (N-methyl/N-ethyl adjacent to an activating group) is 1. The van der Waals surface area contributed by atoms with Crippen molar-refractivity contribution in [3.8, 4) is 0 Å². The molecule has 2 aromatic carbocycles. The van der Waals surface area contributed by atoms with Gasteiger partial charge in [0.2, 0.25) is 10.0 Å². The third kappa shape index (κ3) is 5.85. The molecule has 0 unspecified atom stereocenters. The van der Waals surface area contributed by atoms with E-state index in [0.717, 1.165) is 25.3 Å². The molecule has 1 aliphatic rings. The second-order valence-corrected chi connectivity index (χ2v) is 9.62. The van der Waals surface area contributed by atoms with Gasteiger partial charge in [0, 0.05) is 50.5 Å². The number of nitrogens with zero attached hydrogens (tertiary/aromatic N) is 3. The highest BCUT2D eigenvalue weighted by Gasteiger charge is 2.29. The van der Waals surface area contributed by atoms with E-state index in [1.54, 1.807) is 24.3 Å². The lowest BCUT2D eigenvalue weighted by Crippen LogP contribution is -2.48. The molecule has 1 heterocycles. The Morgan fingerprint density at radius 1 is 1.03 bits per heavy atom. The minimum Gasteiger partial charge on any atom is -0.369 e. The fourth-order valence-electron chi connectivity index (χ4n) is 3.75. The molecule has 0 saturated carbocycles. The number of rotatable bonds is 9. The Hall–Kier alpha value is -2.49. The molecule has 32 heavy (non-hydrogen) atoms. The van der Waals surface area contributed by atoms with Gasteiger partial charge in [0.25, 0.3) is 5.91 Å². The molecule has 0 aromatic heterocycles. The molecule has 0 atom stereocenters. The Labute approximate surface area is 189 Å². The highest BCUT2D eigenvalue weighted by Crippen LogP contribution is 2.22. The van der Waals surface area contributed by atoms with E-state index < -0.39 is 10.0 Å². The lowest BCUT2D eigenvalue weighted by Gasteiger charge is -2.35. The first-order valence-electron chi connectivity index (χ1n) is 11.0. The smallest absolute Gasteiger partial charge is 0.251 e. The molecule has 0 spiro atoms. The van der Waals surface area contributed by atoms with Crippen molar-refractivity contribution in [3.63, 3.8) is 0 Å². The monoisotopic (exact) mass is 462 g/mol. The van der Waals surface area contributed by atoms with Gasteiger partial charge in [0.1, 0.15) is 5.82 Å². The van der Waals surface area contributed by atoms with Gasteiger partial charge < -0.3 is 15.1 Å². The standard InChI is InChI=1S/C23H31FN4O3S/c1-3-26(4-2)13-12-25-23(29)19-6-5-7-22(18-19)32(30,31)28-16-14-27(15-17-28)21-10-8-20(24)9-11-21/h5-11,18H,3-4,12-17H2,1-2H3,(H,25,29). The molecule has 0 aliphatic carbocycles. The fraction of sp³-hybridized carbons (Fsp3) is 0.435. The fourth-order valence-corrected chi connectivity index (χ4v) is 5.22. The minimum atomic E-state index is -3.71. The summed E-state index contributed by atoms with van der Waals surface area (Å²) >= 11 is 0. The lowest BCUT2D eigenvalue weighted by molar-refractivity contribution is 0.0948. The van der Waals surface area contributed by atoms with Gasteiger partial charge >= 0.3 is 0 Å². The quantitative estimate of drug-likeness (QED) is 0.620. The van der Waals surface area contributed by atoms with Crippen LogP contribution in [-0.4, -0.2) is 75.9 Å². The SMILES string of the molecule is CCN(CC)CCNC(=O)c1cccc(S(=O)(=O)N2CCN(c3ccc(F)cc3)CC2)c1. The predicted molar refractivity (Wildman–Crippen MR) is 124 cm³/mol. The summed E-state index contributed by atoms with van der Waals surface area (Å²) in [6, 6.07) is 12.4. The lowest BCUT2D eigenvalue weighted by atomic mass is 10.2. The molecule has 7 nitrogen and oxygen atoms in total. The van der Waals surface area contributed by atoms with Crippen LogP contribution in [0.2, 0.25) is 0 Å². The van der Waals surface area contributed by atoms with Gasteiger partial charge in [-0.15, -0.1) is 0 Å². The number of benzene rings is 2. The molecule has 1 fully saturated rings. The third-order valence-electron chi connectivity index (χ3n) is 5.77. The van der Waals surface area contributed by atoms with E-state index in [1.807, 2.05) is 4.90 Å². The van der Waals surface area contributed by atoms with Crippen molar-refractivity contribution in [2.45, 2.75) is 18.7 Å². The molecular weight excluding hydrogens is 431 g/mol. The number of halogens is 1. The average molecular weight is 463 g/mol. The molecule has 0 bridgehead atoms. The highest BCUT2D eigenvalue weighted by molar-refractivity contribution is 7.89. The van der Waals surface area contributed by atoms with Gasteiger partial charge in [-0.25, -0.2) is 12.8 Å². The van der Waals surface area contributed by atoms with Gasteiger partial charge in [-0.1, -0.05) is 19.9 Å². The van der Waals surface area contributed by atoms with E-state index in [9.17, 15) is 17.6 Å². The Kier molecular flexibility index (Phi) is 8.22. The van der Waals surface area contributed by atoms with Crippen LogP contribution >= 0.6 is 0 Å². The van der Waals surface area contributed by atoms with Crippen LogP contribution in [0.5, 0.6) is 0 Å². The molecule has 0 radical (unpaired) electrons. The number of sulfonamides is 1. The maximum atomic E-state index is 13.2. The Bertz CT molecular complexity index is 1000. The van der Waals surface area contributed by atoms with Crippen LogP contribution < -0.4 is 10.2 Å². The van der Waals surface area contributed by atoms with Crippen molar-refractivity contribution in [1.82, 2.24) is 14.5 Å². The Morgan fingerprint density at radius 2 is 1.69 bits per heavy atom. The van der Waals surface area contributed by atoms with Crippen LogP contribution in [0.3, 0.4) is 0 Å². The van der Waals surface area contributed by atoms with Crippen molar-refractivity contribution >= 4 is 21.6 Å². The van der Waals surface area contributed by atoms with Crippen molar-refractivity contribution in [2.75, 3.05) is 57.3 Å². The molecule has 3 rings (SSSR count). The summed E-state index contributed by atoms with van der Waals surface area (Å²) in [7, 11) is -3.71. The Morgan fingerprint density at radius 3 is 2.31 bits per heavy atom. The number of hydrogen-bond donors (Lipinski definition) is 1. The van der Waals surface area contributed by atoms with E-state index >= 15 is 0 Å². The van der Waals surface area contributed by atoms with Crippen LogP contribution in [-0.2, 0) is 10.0 Å². The highest BCUT2D eigenvalue weighted by atomic mass is 32.2. The molecule has 1 N–H and O–H groups in total. The molecular formula is C23H31FN4O3S. The topological polar surface area (TPSA) is 73.0 Å². The van der Waals surface area contributed by atoms with Crippen molar-refractivity contribution in [1.29, 1.82) is 0 Å². The maximum absolute atomic E-state index is 13.2. The second-order valence-electron chi connectivity index (χ2n) is 7.68. The van der Waals surface area contributed by atoms with E-state index in [0.29, 0.717) is 38.3 Å². The number of piperazine rings is 1. The van der Waals surface area contributed by atoms with E-state index in [4.69, 9.17) is 0 Å². The summed E-state index contributed by atoms with van der Waals surface area (Å²) in [6.07, 6.45) is 0. The zero-order valence-corrected chi connectivity index (χ0v) is 19.4. The minimum absolute atomic E-state index is 0.115. The number of hydrogen-bond acceptors (Lipinski definition) is 5. The summed E-state index contributed by atoms with van der Waals surface area (Å²) in [5.41, 5.74) is 1.20. The van der Waals surface area contributed by atoms with E-state index in [1.165, 1.54) is 28.6 Å². The largest absolute Gasteiger partial charge is 0.369 e. The zero-order chi connectivity index (χ0) is 23.1. The van der Waals surface area contributed by atoms with Gasteiger partial charge in [-0.05, 0) is 55.6 Å². The van der Waals surface area contributed by atoms with E-state index in [2.05, 4.69) is 24.1 Å². The number of carbonyl (C=O) groups is 1. The molecule has 1 amide bonds. The molecule has 9 heteroatoms. The number of amides is 1. The average Bonchev–Trinajstić information content (AvgIpc) is 2.82. The number of carbonyl (C=O) groups excluding carboxylic acids is 1. The number of nitrogens with one attached hydrogen (secondary N) is 1. The predicted octanol–water partition coefficient (Wildman–Crippen LogP) is 2.41. The summed E-state index contributed by atoms with van der Waals surface area (Å²) < 4.78 is 40.9. The van der Waals surface area contributed by atoms with E-state index in [-0.39, 0.29) is 16.6 Å². The van der Waals surface area contributed by atoms with Crippen LogP contribution in [0.15, 0.2) is 53.4 Å². The second kappa shape index (κ2) is 10.9. The van der Waals surface area contributed by atoms with Crippen molar-refractivity contribution in [2.24, 2.45) is 0 Å². The first kappa shape index (κ1) is 24.2. The van der Waals surface area contributed by atoms with Crippen molar-refractivity contribution in [3.05, 3.63) is 59.9 Å². The first-order valence-corrected chi connectivity index (χ1v) is 12.4. The molecule has 1 aliphatic heterocycles. The van der Waals surface area contributed by atoms with Crippen molar-refractivity contribution < 1.29 is 17.6 Å². The van der Waals surface area contributed by atoms with Gasteiger partial charge in [-0.3, -0.25) is 4.79 Å². The van der Waals surface area contributed by atoms with Crippen LogP contribution in [0, 0.1) is 5.82 Å². The maximum Gasteiger partial charge on any atom is 0.251 e. The summed E-state index contributed by atoms with van der Waals surface area (Å²) in [5.74, 6) is -0.581. The summed E-state index contributed by atoms with van der Waals surface area (Å²) in [4.78, 5) is 16.9. The summed E-state index contributed by atoms with van der Waals surface area (Å²) in [6.45, 7) is 8.87. The summed E-state index contributed by atoms with van der Waals surface area (Å²) in [5, 5.41) is 2.86. The van der Waals surface area contributed by atoms with Crippen LogP contribution in [0.1, 0.15) is 24.2 Å². The zero-order valence-electron chi connectivity index (χ0n) is 18.6. The molecule has 174 valence electrons. The van der Waals surface area contributed by atoms with Gasteiger partial charge in [-0.2, -0.15) is 4.31 Å². The first-order chi connectivity index (χ1) is 15.3.